The fourth-order valence-electron chi connectivity index (χ4n) is 1.34. The first kappa shape index (κ1) is 11.8. The number of hydrogen-bond donors (Lipinski definition) is 1. The Morgan fingerprint density at radius 2 is 2.06 bits per heavy atom. The first-order chi connectivity index (χ1) is 7.54. The molecule has 1 aromatic carbocycles. The average molecular weight is 211 g/mol. The molecule has 0 saturated carbocycles. The molecule has 2 nitrogen and oxygen atoms in total. The third kappa shape index (κ3) is 2.86. The van der Waals surface area contributed by atoms with Crippen LogP contribution in [0, 0.1) is 18.3 Å². The molecule has 0 heterocycles. The smallest absolute Gasteiger partial charge is 0.115 e. The van der Waals surface area contributed by atoms with Gasteiger partial charge in [0.2, 0.25) is 0 Å². The van der Waals surface area contributed by atoms with Crippen molar-refractivity contribution in [1.29, 1.82) is 5.26 Å². The molecule has 0 bridgehead atoms. The lowest BCUT2D eigenvalue weighted by atomic mass is 10.0. The predicted molar refractivity (Wildman–Crippen MR) is 65.8 cm³/mol. The number of phenols is 1. The fraction of sp³-hybridized carbons (Fsp3) is 0.0714. The van der Waals surface area contributed by atoms with E-state index in [1.807, 2.05) is 13.0 Å². The highest BCUT2D eigenvalue weighted by Gasteiger charge is 2.01. The number of hydrogen-bond acceptors (Lipinski definition) is 2. The zero-order valence-electron chi connectivity index (χ0n) is 9.20. The second-order valence-electron chi connectivity index (χ2n) is 3.49. The van der Waals surface area contributed by atoms with Gasteiger partial charge in [-0.2, -0.15) is 5.26 Å². The number of allylic oxidation sites excluding steroid dienone is 4. The molecule has 0 atom stereocenters. The lowest BCUT2D eigenvalue weighted by molar-refractivity contribution is 0.475. The number of benzene rings is 1. The number of aromatic hydroxyl groups is 1. The molecule has 80 valence electrons. The molecule has 0 saturated heterocycles. The van der Waals surface area contributed by atoms with E-state index in [9.17, 15) is 5.11 Å². The Kier molecular flexibility index (Phi) is 3.68. The minimum absolute atomic E-state index is 0.236. The van der Waals surface area contributed by atoms with Gasteiger partial charge in [0, 0.05) is 5.57 Å². The summed E-state index contributed by atoms with van der Waals surface area (Å²) >= 11 is 0. The monoisotopic (exact) mass is 211 g/mol. The van der Waals surface area contributed by atoms with Crippen LogP contribution in [0.5, 0.6) is 5.75 Å². The van der Waals surface area contributed by atoms with E-state index in [1.54, 1.807) is 30.4 Å². The summed E-state index contributed by atoms with van der Waals surface area (Å²) in [6, 6.07) is 7.02. The molecule has 0 aliphatic rings. The second kappa shape index (κ2) is 4.99. The van der Waals surface area contributed by atoms with Gasteiger partial charge in [0.25, 0.3) is 0 Å². The molecular weight excluding hydrogens is 198 g/mol. The van der Waals surface area contributed by atoms with E-state index in [0.717, 1.165) is 16.7 Å². The SMILES string of the molecule is C=C(C#N)/C=C\C(=C)c1ccc(O)cc1C. The molecule has 0 spiro atoms. The molecule has 0 aliphatic heterocycles. The van der Waals surface area contributed by atoms with Gasteiger partial charge < -0.3 is 5.11 Å². The van der Waals surface area contributed by atoms with E-state index < -0.39 is 0 Å². The molecule has 1 N–H and O–H groups in total. The van der Waals surface area contributed by atoms with Crippen LogP contribution in [-0.2, 0) is 0 Å². The maximum absolute atomic E-state index is 9.27. The third-order valence-corrected chi connectivity index (χ3v) is 2.19. The van der Waals surface area contributed by atoms with E-state index in [-0.39, 0.29) is 5.75 Å². The first-order valence-electron chi connectivity index (χ1n) is 4.80. The molecule has 1 rings (SSSR count). The van der Waals surface area contributed by atoms with Gasteiger partial charge in [0.15, 0.2) is 0 Å². The molecule has 0 aliphatic carbocycles. The number of nitriles is 1. The van der Waals surface area contributed by atoms with Crippen molar-refractivity contribution in [2.75, 3.05) is 0 Å². The van der Waals surface area contributed by atoms with Crippen molar-refractivity contribution in [3.63, 3.8) is 0 Å². The zero-order valence-corrected chi connectivity index (χ0v) is 9.20. The van der Waals surface area contributed by atoms with Crippen LogP contribution in [0.1, 0.15) is 11.1 Å². The van der Waals surface area contributed by atoms with Crippen molar-refractivity contribution in [2.24, 2.45) is 0 Å². The van der Waals surface area contributed by atoms with E-state index >= 15 is 0 Å². The molecule has 2 heteroatoms. The van der Waals surface area contributed by atoms with Crippen molar-refractivity contribution in [3.05, 3.63) is 60.2 Å². The van der Waals surface area contributed by atoms with E-state index in [0.29, 0.717) is 5.57 Å². The van der Waals surface area contributed by atoms with Gasteiger partial charge in [-0.05, 0) is 41.8 Å². The van der Waals surface area contributed by atoms with Gasteiger partial charge in [-0.25, -0.2) is 0 Å². The first-order valence-corrected chi connectivity index (χ1v) is 4.80. The quantitative estimate of drug-likeness (QED) is 0.615. The summed E-state index contributed by atoms with van der Waals surface area (Å²) in [4.78, 5) is 0. The second-order valence-corrected chi connectivity index (χ2v) is 3.49. The topological polar surface area (TPSA) is 44.0 Å². The molecule has 0 amide bonds. The minimum Gasteiger partial charge on any atom is -0.508 e. The Morgan fingerprint density at radius 3 is 2.62 bits per heavy atom. The summed E-state index contributed by atoms with van der Waals surface area (Å²) in [7, 11) is 0. The van der Waals surface area contributed by atoms with Crippen LogP contribution in [0.4, 0.5) is 0 Å². The number of aryl methyl sites for hydroxylation is 1. The van der Waals surface area contributed by atoms with Gasteiger partial charge in [0.1, 0.15) is 5.75 Å². The highest BCUT2D eigenvalue weighted by atomic mass is 16.3. The highest BCUT2D eigenvalue weighted by Crippen LogP contribution is 2.22. The summed E-state index contributed by atoms with van der Waals surface area (Å²) in [5, 5.41) is 17.8. The predicted octanol–water partition coefficient (Wildman–Crippen LogP) is 3.35. The van der Waals surface area contributed by atoms with Crippen molar-refractivity contribution >= 4 is 5.57 Å². The molecule has 1 aromatic rings. The van der Waals surface area contributed by atoms with Crippen molar-refractivity contribution < 1.29 is 5.11 Å². The molecule has 0 aromatic heterocycles. The molecule has 0 radical (unpaired) electrons. The summed E-state index contributed by atoms with van der Waals surface area (Å²) in [6.45, 7) is 9.35. The Labute approximate surface area is 95.5 Å². The van der Waals surface area contributed by atoms with Gasteiger partial charge in [0.05, 0.1) is 6.07 Å². The summed E-state index contributed by atoms with van der Waals surface area (Å²) in [5.74, 6) is 0.236. The normalized spacial score (nSPS) is 10.0. The summed E-state index contributed by atoms with van der Waals surface area (Å²) in [6.07, 6.45) is 3.36. The van der Waals surface area contributed by atoms with Crippen LogP contribution >= 0.6 is 0 Å². The molecular formula is C14H13NO. The van der Waals surface area contributed by atoms with Gasteiger partial charge in [-0.15, -0.1) is 0 Å². The molecule has 0 unspecified atom stereocenters. The van der Waals surface area contributed by atoms with Gasteiger partial charge in [-0.3, -0.25) is 0 Å². The molecule has 16 heavy (non-hydrogen) atoms. The highest BCUT2D eigenvalue weighted by molar-refractivity contribution is 5.75. The lowest BCUT2D eigenvalue weighted by Gasteiger charge is -2.05. The van der Waals surface area contributed by atoms with Gasteiger partial charge >= 0.3 is 0 Å². The van der Waals surface area contributed by atoms with E-state index in [2.05, 4.69) is 13.2 Å². The standard InChI is InChI=1S/C14H13NO/c1-10(9-15)4-5-11(2)14-7-6-13(16)8-12(14)3/h4-8,16H,1-2H2,3H3/b5-4-. The number of phenolic OH excluding ortho intramolecular Hbond substituents is 1. The Hall–Kier alpha value is -2.27. The molecule has 0 fully saturated rings. The van der Waals surface area contributed by atoms with Crippen molar-refractivity contribution in [3.8, 4) is 11.8 Å². The Bertz CT molecular complexity index is 504. The fourth-order valence-corrected chi connectivity index (χ4v) is 1.34. The Balaban J connectivity index is 2.94. The Morgan fingerprint density at radius 1 is 1.38 bits per heavy atom. The van der Waals surface area contributed by atoms with Crippen LogP contribution in [0.3, 0.4) is 0 Å². The van der Waals surface area contributed by atoms with Crippen molar-refractivity contribution in [2.45, 2.75) is 6.92 Å². The van der Waals surface area contributed by atoms with E-state index in [4.69, 9.17) is 5.26 Å². The van der Waals surface area contributed by atoms with Gasteiger partial charge in [-0.1, -0.05) is 25.3 Å². The minimum atomic E-state index is 0.236. The average Bonchev–Trinajstić information content (AvgIpc) is 2.25. The van der Waals surface area contributed by atoms with Crippen LogP contribution in [0.15, 0.2) is 49.1 Å². The van der Waals surface area contributed by atoms with Crippen LogP contribution in [-0.4, -0.2) is 5.11 Å². The van der Waals surface area contributed by atoms with Crippen LogP contribution < -0.4 is 0 Å². The zero-order chi connectivity index (χ0) is 12.1. The largest absolute Gasteiger partial charge is 0.508 e. The summed E-state index contributed by atoms with van der Waals surface area (Å²) < 4.78 is 0. The number of rotatable bonds is 3. The maximum Gasteiger partial charge on any atom is 0.115 e. The summed E-state index contributed by atoms with van der Waals surface area (Å²) in [5.41, 5.74) is 3.06. The maximum atomic E-state index is 9.27. The third-order valence-electron chi connectivity index (χ3n) is 2.19. The number of nitrogens with zero attached hydrogens (tertiary/aromatic N) is 1. The van der Waals surface area contributed by atoms with E-state index in [1.165, 1.54) is 0 Å². The lowest BCUT2D eigenvalue weighted by Crippen LogP contribution is -1.85. The van der Waals surface area contributed by atoms with Crippen LogP contribution in [0.2, 0.25) is 0 Å². The van der Waals surface area contributed by atoms with Crippen LogP contribution in [0.25, 0.3) is 5.57 Å². The van der Waals surface area contributed by atoms with Crippen molar-refractivity contribution in [1.82, 2.24) is 0 Å².